The number of aromatic nitrogens is 5. The van der Waals surface area contributed by atoms with E-state index in [2.05, 4.69) is 25.9 Å². The first-order chi connectivity index (χ1) is 21.8. The van der Waals surface area contributed by atoms with Crippen LogP contribution in [0.3, 0.4) is 0 Å². The Morgan fingerprint density at radius 2 is 1.91 bits per heavy atom. The van der Waals surface area contributed by atoms with Crippen LogP contribution in [0, 0.1) is 22.7 Å². The number of halogens is 4. The predicted octanol–water partition coefficient (Wildman–Crippen LogP) is 6.91. The fourth-order valence-electron chi connectivity index (χ4n) is 6.51. The zero-order chi connectivity index (χ0) is 32.6. The minimum atomic E-state index is -4.47. The summed E-state index contributed by atoms with van der Waals surface area (Å²) in [5, 5.41) is 27.2. The molecule has 3 aliphatic carbocycles. The van der Waals surface area contributed by atoms with Gasteiger partial charge >= 0.3 is 6.18 Å². The van der Waals surface area contributed by atoms with Crippen LogP contribution in [0.1, 0.15) is 56.0 Å². The third-order valence-electron chi connectivity index (χ3n) is 9.60. The van der Waals surface area contributed by atoms with Gasteiger partial charge in [-0.05, 0) is 74.2 Å². The number of benzene rings is 2. The molecule has 0 saturated heterocycles. The fourth-order valence-corrected chi connectivity index (χ4v) is 6.78. The number of hydrogen-bond acceptors (Lipinski definition) is 7. The molecule has 9 nitrogen and oxygen atoms in total. The van der Waals surface area contributed by atoms with Crippen LogP contribution in [0.4, 0.5) is 24.5 Å². The quantitative estimate of drug-likeness (QED) is 0.188. The van der Waals surface area contributed by atoms with Gasteiger partial charge in [-0.1, -0.05) is 28.9 Å². The lowest BCUT2D eigenvalue weighted by Gasteiger charge is -2.61. The summed E-state index contributed by atoms with van der Waals surface area (Å²) in [6.07, 6.45) is 3.72. The van der Waals surface area contributed by atoms with Crippen molar-refractivity contribution in [3.8, 4) is 6.07 Å². The third kappa shape index (κ3) is 4.76. The smallest absolute Gasteiger partial charge is 0.382 e. The fraction of sp³-hybridized carbons (Fsp3) is 0.364. The van der Waals surface area contributed by atoms with E-state index in [4.69, 9.17) is 11.6 Å². The van der Waals surface area contributed by atoms with E-state index in [0.29, 0.717) is 27.7 Å². The first-order valence-electron chi connectivity index (χ1n) is 14.9. The van der Waals surface area contributed by atoms with E-state index < -0.39 is 24.2 Å². The van der Waals surface area contributed by atoms with Gasteiger partial charge in [-0.15, -0.1) is 5.10 Å². The maximum absolute atomic E-state index is 13.7. The molecular formula is C33H30ClF3N8O. The molecular weight excluding hydrogens is 617 g/mol. The van der Waals surface area contributed by atoms with Crippen LogP contribution < -0.4 is 16.2 Å². The largest absolute Gasteiger partial charge is 0.395 e. The molecule has 0 aliphatic heterocycles. The highest BCUT2D eigenvalue weighted by Crippen LogP contribution is 2.62. The van der Waals surface area contributed by atoms with Crippen molar-refractivity contribution in [2.24, 2.45) is 18.4 Å². The van der Waals surface area contributed by atoms with Crippen LogP contribution in [0.2, 0.25) is 5.02 Å². The molecule has 8 rings (SSSR count). The first kappa shape index (κ1) is 30.0. The summed E-state index contributed by atoms with van der Waals surface area (Å²) in [7, 11) is 1.70. The number of alkyl halides is 3. The molecule has 1 unspecified atom stereocenters. The predicted molar refractivity (Wildman–Crippen MR) is 170 cm³/mol. The molecule has 0 amide bonds. The zero-order valence-electron chi connectivity index (χ0n) is 25.3. The van der Waals surface area contributed by atoms with Gasteiger partial charge in [-0.25, -0.2) is 4.68 Å². The molecule has 13 heteroatoms. The Hall–Kier alpha value is -4.63. The summed E-state index contributed by atoms with van der Waals surface area (Å²) in [5.74, 6) is 0.743. The molecule has 46 heavy (non-hydrogen) atoms. The highest BCUT2D eigenvalue weighted by Gasteiger charge is 2.59. The molecule has 2 bridgehead atoms. The van der Waals surface area contributed by atoms with E-state index in [9.17, 15) is 23.2 Å². The van der Waals surface area contributed by atoms with E-state index in [1.54, 1.807) is 31.4 Å². The zero-order valence-corrected chi connectivity index (χ0v) is 26.0. The Balaban J connectivity index is 1.34. The van der Waals surface area contributed by atoms with Crippen LogP contribution in [0.5, 0.6) is 0 Å². The number of fused-ring (bicyclic) bond motifs is 2. The van der Waals surface area contributed by atoms with Crippen LogP contribution in [-0.2, 0) is 12.6 Å². The summed E-state index contributed by atoms with van der Waals surface area (Å²) >= 11 is 6.73. The lowest BCUT2D eigenvalue weighted by atomic mass is 9.50. The van der Waals surface area contributed by atoms with Gasteiger partial charge in [0.2, 0.25) is 0 Å². The Labute approximate surface area is 267 Å². The Kier molecular flexibility index (Phi) is 6.83. The van der Waals surface area contributed by atoms with E-state index >= 15 is 0 Å². The summed E-state index contributed by atoms with van der Waals surface area (Å²) in [5.41, 5.74) is 0.336. The highest BCUT2D eigenvalue weighted by atomic mass is 35.5. The SMILES string of the molecule is Cn1ccc2c(C(Nc3cc(Cl)c4ncc(C#N)c(NCC(C)(C)C(F)(F)F)c4c3)c3cn(C45CC(C4)C5)nn3)cccc2c1=O. The molecule has 3 heterocycles. The maximum atomic E-state index is 13.7. The molecule has 3 saturated carbocycles. The highest BCUT2D eigenvalue weighted by molar-refractivity contribution is 6.35. The van der Waals surface area contributed by atoms with E-state index in [0.717, 1.165) is 50.0 Å². The normalized spacial score (nSPS) is 19.7. The number of anilines is 2. The average Bonchev–Trinajstić information content (AvgIpc) is 3.43. The molecule has 0 spiro atoms. The minimum absolute atomic E-state index is 0.00550. The first-order valence-corrected chi connectivity index (χ1v) is 15.3. The maximum Gasteiger partial charge on any atom is 0.395 e. The summed E-state index contributed by atoms with van der Waals surface area (Å²) in [6.45, 7) is 1.72. The Morgan fingerprint density at radius 1 is 1.15 bits per heavy atom. The third-order valence-corrected chi connectivity index (χ3v) is 9.88. The van der Waals surface area contributed by atoms with E-state index in [1.165, 1.54) is 10.8 Å². The molecule has 236 valence electrons. The van der Waals surface area contributed by atoms with Crippen LogP contribution in [0.25, 0.3) is 21.7 Å². The molecule has 2 N–H and O–H groups in total. The van der Waals surface area contributed by atoms with Crippen LogP contribution in [0.15, 0.2) is 59.8 Å². The molecule has 3 fully saturated rings. The van der Waals surface area contributed by atoms with E-state index in [1.807, 2.05) is 35.1 Å². The summed E-state index contributed by atoms with van der Waals surface area (Å²) in [4.78, 5) is 17.4. The molecule has 2 aromatic carbocycles. The second-order valence-electron chi connectivity index (χ2n) is 13.2. The molecule has 3 aromatic heterocycles. The van der Waals surface area contributed by atoms with Gasteiger partial charge in [0.05, 0.1) is 45.0 Å². The number of hydrogen-bond donors (Lipinski definition) is 2. The summed E-state index contributed by atoms with van der Waals surface area (Å²) < 4.78 is 44.6. The van der Waals surface area contributed by atoms with Gasteiger partial charge in [-0.2, -0.15) is 18.4 Å². The monoisotopic (exact) mass is 646 g/mol. The molecule has 1 atom stereocenters. The van der Waals surface area contributed by atoms with Crippen molar-refractivity contribution < 1.29 is 13.2 Å². The standard InChI is InChI=1S/C33H30ClF3N8O/c1-31(2,33(35,36)37)17-40-27-19(14-38)15-39-28-24(27)9-20(10-25(28)34)41-29(26-16-45(43-42-26)32-11-18(12-32)13-32)22-5-4-6-23-21(22)7-8-44(3)30(23)46/h4-10,15-16,18,29,41H,11-13,17H2,1-3H3,(H,39,40). The van der Waals surface area contributed by atoms with Crippen molar-refractivity contribution in [2.75, 3.05) is 17.2 Å². The Bertz CT molecular complexity index is 2110. The van der Waals surface area contributed by atoms with Crippen molar-refractivity contribution in [1.29, 1.82) is 5.26 Å². The number of nitrogens with zero attached hydrogens (tertiary/aromatic N) is 6. The van der Waals surface area contributed by atoms with E-state index in [-0.39, 0.29) is 27.4 Å². The number of nitrogens with one attached hydrogen (secondary N) is 2. The number of nitriles is 1. The lowest BCUT2D eigenvalue weighted by Crippen LogP contribution is -2.59. The van der Waals surface area contributed by atoms with Gasteiger partial charge in [0.15, 0.2) is 0 Å². The molecule has 5 aromatic rings. The van der Waals surface area contributed by atoms with Gasteiger partial charge < -0.3 is 15.2 Å². The van der Waals surface area contributed by atoms with Crippen molar-refractivity contribution >= 4 is 44.7 Å². The number of aryl methyl sites for hydroxylation is 1. The van der Waals surface area contributed by atoms with Gasteiger partial charge in [0, 0.05) is 42.4 Å². The molecule has 0 radical (unpaired) electrons. The number of rotatable bonds is 8. The van der Waals surface area contributed by atoms with Crippen LogP contribution in [-0.4, -0.2) is 37.3 Å². The average molecular weight is 647 g/mol. The van der Waals surface area contributed by atoms with Crippen molar-refractivity contribution in [1.82, 2.24) is 24.5 Å². The summed E-state index contributed by atoms with van der Waals surface area (Å²) in [6, 6.07) is 12.2. The minimum Gasteiger partial charge on any atom is -0.382 e. The molecule has 3 aliphatic rings. The topological polar surface area (TPSA) is 113 Å². The second kappa shape index (κ2) is 10.5. The second-order valence-corrected chi connectivity index (χ2v) is 13.6. The van der Waals surface area contributed by atoms with Gasteiger partial charge in [0.25, 0.3) is 5.56 Å². The van der Waals surface area contributed by atoms with Crippen LogP contribution >= 0.6 is 11.6 Å². The Morgan fingerprint density at radius 3 is 2.59 bits per heavy atom. The number of pyridine rings is 2. The van der Waals surface area contributed by atoms with Crippen molar-refractivity contribution in [3.63, 3.8) is 0 Å². The van der Waals surface area contributed by atoms with Crippen molar-refractivity contribution in [3.05, 3.63) is 87.2 Å². The lowest BCUT2D eigenvalue weighted by molar-refractivity contribution is -0.206. The van der Waals surface area contributed by atoms with Crippen molar-refractivity contribution in [2.45, 2.75) is 50.9 Å². The van der Waals surface area contributed by atoms with Gasteiger partial charge in [-0.3, -0.25) is 9.78 Å². The van der Waals surface area contributed by atoms with Gasteiger partial charge in [0.1, 0.15) is 11.8 Å².